The number of nitrogens with one attached hydrogen (secondary N) is 1. The summed E-state index contributed by atoms with van der Waals surface area (Å²) >= 11 is 8.48. The Hall–Kier alpha value is -2.80. The quantitative estimate of drug-likeness (QED) is 0.399. The summed E-state index contributed by atoms with van der Waals surface area (Å²) in [4.78, 5) is 43.7. The number of thioether (sulfide) groups is 2. The van der Waals surface area contributed by atoms with Crippen molar-refractivity contribution in [2.45, 2.75) is 30.9 Å². The summed E-state index contributed by atoms with van der Waals surface area (Å²) < 4.78 is 6.21. The van der Waals surface area contributed by atoms with Gasteiger partial charge in [-0.05, 0) is 30.2 Å². The van der Waals surface area contributed by atoms with E-state index in [-0.39, 0.29) is 11.6 Å². The fraction of sp³-hybridized carbons (Fsp3) is 0.333. The van der Waals surface area contributed by atoms with Crippen LogP contribution in [0.4, 0.5) is 0 Å². The Morgan fingerprint density at radius 3 is 2.72 bits per heavy atom. The van der Waals surface area contributed by atoms with E-state index in [1.807, 2.05) is 52.3 Å². The van der Waals surface area contributed by atoms with Crippen LogP contribution in [-0.2, 0) is 20.9 Å². The number of carboxylic acid groups (broad SMARTS) is 1. The fourth-order valence-corrected chi connectivity index (χ4v) is 6.96. The Balaban J connectivity index is 1.35. The summed E-state index contributed by atoms with van der Waals surface area (Å²) in [5.74, 6) is -0.0724. The van der Waals surface area contributed by atoms with E-state index >= 15 is 0 Å². The van der Waals surface area contributed by atoms with Crippen molar-refractivity contribution >= 4 is 57.8 Å². The first kappa shape index (κ1) is 24.9. The number of carbonyl (C=O) groups excluding carboxylic acids is 2. The van der Waals surface area contributed by atoms with Gasteiger partial charge >= 0.3 is 5.97 Å². The molecule has 0 bridgehead atoms. The van der Waals surface area contributed by atoms with Gasteiger partial charge in [0.1, 0.15) is 33.2 Å². The highest BCUT2D eigenvalue weighted by atomic mass is 32.2. The summed E-state index contributed by atoms with van der Waals surface area (Å²) in [7, 11) is 0. The van der Waals surface area contributed by atoms with Crippen LogP contribution >= 0.6 is 35.7 Å². The van der Waals surface area contributed by atoms with Gasteiger partial charge in [0.2, 0.25) is 5.91 Å². The average Bonchev–Trinajstić information content (AvgIpc) is 3.38. The lowest BCUT2D eigenvalue weighted by molar-refractivity contribution is -0.151. The van der Waals surface area contributed by atoms with Crippen LogP contribution in [-0.4, -0.2) is 71.6 Å². The van der Waals surface area contributed by atoms with Crippen LogP contribution in [0.15, 0.2) is 64.4 Å². The maximum Gasteiger partial charge on any atom is 0.352 e. The van der Waals surface area contributed by atoms with E-state index in [1.165, 1.54) is 28.4 Å². The molecule has 2 saturated heterocycles. The zero-order chi connectivity index (χ0) is 25.4. The van der Waals surface area contributed by atoms with E-state index in [1.54, 1.807) is 13.2 Å². The molecule has 9 nitrogen and oxygen atoms in total. The minimum Gasteiger partial charge on any atom is -0.477 e. The number of β-lactam (4-membered cyclic amide) rings is 1. The van der Waals surface area contributed by atoms with Gasteiger partial charge in [-0.2, -0.15) is 0 Å². The molecule has 3 atom stereocenters. The molecular formula is C24H24N4O5S3. The summed E-state index contributed by atoms with van der Waals surface area (Å²) in [6.07, 6.45) is 1.61. The molecule has 5 rings (SSSR count). The molecule has 4 heterocycles. The molecule has 0 radical (unpaired) electrons. The molecule has 2 aromatic rings. The van der Waals surface area contributed by atoms with Gasteiger partial charge in [-0.15, -0.1) is 11.8 Å². The highest BCUT2D eigenvalue weighted by Crippen LogP contribution is 2.40. The van der Waals surface area contributed by atoms with Crippen molar-refractivity contribution in [1.29, 1.82) is 0 Å². The second kappa shape index (κ2) is 10.3. The molecule has 3 aliphatic rings. The zero-order valence-electron chi connectivity index (χ0n) is 19.3. The Labute approximate surface area is 221 Å². The second-order valence-corrected chi connectivity index (χ2v) is 11.4. The van der Waals surface area contributed by atoms with Gasteiger partial charge in [-0.25, -0.2) is 4.79 Å². The molecule has 2 N–H and O–H groups in total. The number of benzene rings is 1. The van der Waals surface area contributed by atoms with Gasteiger partial charge in [0.15, 0.2) is 0 Å². The van der Waals surface area contributed by atoms with Crippen LogP contribution in [0.2, 0.25) is 0 Å². The minimum absolute atomic E-state index is 0.0170. The molecule has 2 fully saturated rings. The maximum atomic E-state index is 13.7. The first-order valence-electron chi connectivity index (χ1n) is 11.3. The Morgan fingerprint density at radius 2 is 2.03 bits per heavy atom. The Bertz CT molecular complexity index is 1220. The molecule has 1 unspecified atom stereocenters. The van der Waals surface area contributed by atoms with E-state index in [4.69, 9.17) is 16.6 Å². The third-order valence-corrected chi connectivity index (χ3v) is 9.28. The number of amides is 2. The molecule has 12 heteroatoms. The van der Waals surface area contributed by atoms with Gasteiger partial charge in [0.05, 0.1) is 25.4 Å². The topological polar surface area (TPSA) is 106 Å². The molecular weight excluding hydrogens is 520 g/mol. The molecule has 3 aliphatic heterocycles. The number of fused-ring (bicyclic) bond motifs is 1. The monoisotopic (exact) mass is 544 g/mol. The van der Waals surface area contributed by atoms with E-state index < -0.39 is 29.3 Å². The number of hydrogen-bond acceptors (Lipinski definition) is 8. The number of furan rings is 1. The molecule has 0 saturated carbocycles. The molecule has 0 aliphatic carbocycles. The van der Waals surface area contributed by atoms with Crippen molar-refractivity contribution in [1.82, 2.24) is 20.0 Å². The van der Waals surface area contributed by atoms with Gasteiger partial charge in [0, 0.05) is 5.75 Å². The molecule has 188 valence electrons. The van der Waals surface area contributed by atoms with E-state index in [0.29, 0.717) is 30.4 Å². The normalized spacial score (nSPS) is 23.2. The number of carbonyl (C=O) groups is 3. The maximum absolute atomic E-state index is 13.7. The largest absolute Gasteiger partial charge is 0.477 e. The summed E-state index contributed by atoms with van der Waals surface area (Å²) in [5, 5.41) is 12.1. The summed E-state index contributed by atoms with van der Waals surface area (Å²) in [6, 6.07) is 11.7. The number of thiocarbonyl (C=S) groups is 1. The van der Waals surface area contributed by atoms with Crippen LogP contribution in [0.25, 0.3) is 0 Å². The number of aliphatic carboxylic acids is 1. The molecule has 0 spiro atoms. The Kier molecular flexibility index (Phi) is 7.11. The van der Waals surface area contributed by atoms with Gasteiger partial charge in [-0.3, -0.25) is 19.4 Å². The van der Waals surface area contributed by atoms with Crippen molar-refractivity contribution in [2.75, 3.05) is 18.3 Å². The fourth-order valence-electron chi connectivity index (χ4n) is 4.58. The summed E-state index contributed by atoms with van der Waals surface area (Å²) in [6.45, 7) is 2.61. The zero-order valence-corrected chi connectivity index (χ0v) is 21.8. The number of rotatable bonds is 7. The molecule has 2 amide bonds. The van der Waals surface area contributed by atoms with Crippen molar-refractivity contribution in [2.24, 2.45) is 0 Å². The third-order valence-electron chi connectivity index (χ3n) is 6.28. The van der Waals surface area contributed by atoms with Crippen molar-refractivity contribution in [3.8, 4) is 0 Å². The lowest BCUT2D eigenvalue weighted by atomic mass is 10.0. The highest BCUT2D eigenvalue weighted by molar-refractivity contribution is 8.22. The predicted octanol–water partition coefficient (Wildman–Crippen LogP) is 2.83. The van der Waals surface area contributed by atoms with Crippen molar-refractivity contribution in [3.05, 3.63) is 71.3 Å². The molecule has 1 aromatic heterocycles. The third kappa shape index (κ3) is 4.65. The number of nitrogens with zero attached hydrogens (tertiary/aromatic N) is 3. The predicted molar refractivity (Wildman–Crippen MR) is 141 cm³/mol. The van der Waals surface area contributed by atoms with Crippen LogP contribution in [0.1, 0.15) is 24.3 Å². The molecule has 1 aromatic carbocycles. The number of carboxylic acids is 1. The van der Waals surface area contributed by atoms with Gasteiger partial charge in [0.25, 0.3) is 5.91 Å². The van der Waals surface area contributed by atoms with E-state index in [0.717, 1.165) is 15.6 Å². The standard InChI is InChI=1S/C24H24N4O5S3/c1-14-11-35-22-17(21(30)28(22)18(14)23(31)32)25-20(29)19(15-6-3-2-4-7-15)27-12-26(24(34)36-13-27)10-16-8-5-9-33-16/h2-9,17,19,22H,10-13H2,1H3,(H,25,29)(H,31,32)/t17-,19?,22-/m1/s1. The first-order valence-corrected chi connectivity index (χ1v) is 13.7. The van der Waals surface area contributed by atoms with Crippen LogP contribution in [0, 0.1) is 0 Å². The average molecular weight is 545 g/mol. The summed E-state index contributed by atoms with van der Waals surface area (Å²) in [5.41, 5.74) is 1.45. The smallest absolute Gasteiger partial charge is 0.352 e. The van der Waals surface area contributed by atoms with E-state index in [2.05, 4.69) is 5.32 Å². The van der Waals surface area contributed by atoms with Crippen LogP contribution in [0.3, 0.4) is 0 Å². The number of hydrogen-bond donors (Lipinski definition) is 2. The lowest BCUT2D eigenvalue weighted by Gasteiger charge is -2.49. The van der Waals surface area contributed by atoms with E-state index in [9.17, 15) is 19.5 Å². The van der Waals surface area contributed by atoms with Gasteiger partial charge in [-0.1, -0.05) is 54.3 Å². The minimum atomic E-state index is -1.13. The van der Waals surface area contributed by atoms with Crippen LogP contribution < -0.4 is 5.32 Å². The highest BCUT2D eigenvalue weighted by Gasteiger charge is 2.54. The lowest BCUT2D eigenvalue weighted by Crippen LogP contribution is -2.71. The van der Waals surface area contributed by atoms with Gasteiger partial charge < -0.3 is 19.7 Å². The van der Waals surface area contributed by atoms with Crippen LogP contribution in [0.5, 0.6) is 0 Å². The van der Waals surface area contributed by atoms with Crippen molar-refractivity contribution < 1.29 is 23.9 Å². The molecule has 36 heavy (non-hydrogen) atoms. The Morgan fingerprint density at radius 1 is 1.25 bits per heavy atom. The van der Waals surface area contributed by atoms with Crippen molar-refractivity contribution in [3.63, 3.8) is 0 Å². The SMILES string of the molecule is CC1=C(C(=O)O)N2C(=O)[C@@H](NC(=O)C(c3ccccc3)N3CSC(=S)N(Cc4ccco4)C3)[C@H]2SC1. The second-order valence-electron chi connectivity index (χ2n) is 8.69. The first-order chi connectivity index (χ1) is 17.3.